The largest absolute Gasteiger partial charge is 0.492 e. The summed E-state index contributed by atoms with van der Waals surface area (Å²) >= 11 is 0. The van der Waals surface area contributed by atoms with E-state index in [1.54, 1.807) is 6.20 Å². The van der Waals surface area contributed by atoms with Crippen molar-refractivity contribution in [2.24, 2.45) is 0 Å². The van der Waals surface area contributed by atoms with Crippen LogP contribution in [0, 0.1) is 0 Å². The summed E-state index contributed by atoms with van der Waals surface area (Å²) in [7, 11) is 0. The number of likely N-dealkylation sites (tertiary alicyclic amines) is 1. The average Bonchev–Trinajstić information content (AvgIpc) is 2.90. The van der Waals surface area contributed by atoms with E-state index in [9.17, 15) is 0 Å². The van der Waals surface area contributed by atoms with Gasteiger partial charge >= 0.3 is 0 Å². The van der Waals surface area contributed by atoms with Crippen LogP contribution in [0.25, 0.3) is 0 Å². The molecule has 4 nitrogen and oxygen atoms in total. The molecule has 0 amide bonds. The predicted molar refractivity (Wildman–Crippen MR) is 74.2 cm³/mol. The monoisotopic (exact) mass is 249 g/mol. The van der Waals surface area contributed by atoms with E-state index in [4.69, 9.17) is 4.74 Å². The molecule has 0 aliphatic carbocycles. The number of hydrogen-bond donors (Lipinski definition) is 1. The molecule has 1 saturated heterocycles. The Morgan fingerprint density at radius 2 is 2.22 bits per heavy atom. The van der Waals surface area contributed by atoms with Crippen molar-refractivity contribution < 1.29 is 4.74 Å². The summed E-state index contributed by atoms with van der Waals surface area (Å²) in [5, 5.41) is 3.26. The van der Waals surface area contributed by atoms with Crippen LogP contribution in [0.2, 0.25) is 0 Å². The molecule has 1 aliphatic rings. The highest BCUT2D eigenvalue weighted by molar-refractivity contribution is 5.40. The Kier molecular flexibility index (Phi) is 5.27. The minimum absolute atomic E-state index is 0.761. The molecule has 2 rings (SSSR count). The third kappa shape index (κ3) is 4.18. The highest BCUT2D eigenvalue weighted by Gasteiger charge is 2.10. The van der Waals surface area contributed by atoms with Crippen LogP contribution >= 0.6 is 0 Å². The highest BCUT2D eigenvalue weighted by atomic mass is 16.5. The van der Waals surface area contributed by atoms with Crippen molar-refractivity contribution >= 4 is 5.82 Å². The van der Waals surface area contributed by atoms with Gasteiger partial charge in [-0.3, -0.25) is 4.90 Å². The summed E-state index contributed by atoms with van der Waals surface area (Å²) in [4.78, 5) is 6.72. The first-order valence-corrected chi connectivity index (χ1v) is 6.93. The molecule has 100 valence electrons. The molecule has 0 spiro atoms. The Bertz CT molecular complexity index is 351. The summed E-state index contributed by atoms with van der Waals surface area (Å²) in [5.74, 6) is 1.80. The Balaban J connectivity index is 1.74. The third-order valence-corrected chi connectivity index (χ3v) is 3.16. The van der Waals surface area contributed by atoms with Gasteiger partial charge in [-0.1, -0.05) is 6.92 Å². The average molecular weight is 249 g/mol. The summed E-state index contributed by atoms with van der Waals surface area (Å²) in [6, 6.07) is 3.89. The Morgan fingerprint density at radius 3 is 3.00 bits per heavy atom. The molecular formula is C14H23N3O. The zero-order valence-corrected chi connectivity index (χ0v) is 11.2. The van der Waals surface area contributed by atoms with Gasteiger partial charge in [0.25, 0.3) is 0 Å². The van der Waals surface area contributed by atoms with Crippen LogP contribution in [-0.2, 0) is 0 Å². The lowest BCUT2D eigenvalue weighted by Crippen LogP contribution is -2.25. The zero-order valence-electron chi connectivity index (χ0n) is 11.2. The summed E-state index contributed by atoms with van der Waals surface area (Å²) in [6.07, 6.45) is 5.56. The maximum atomic E-state index is 5.77. The normalized spacial score (nSPS) is 15.8. The van der Waals surface area contributed by atoms with Gasteiger partial charge < -0.3 is 10.1 Å². The molecule has 1 N–H and O–H groups in total. The molecule has 0 radical (unpaired) electrons. The molecule has 1 aliphatic heterocycles. The van der Waals surface area contributed by atoms with Gasteiger partial charge in [-0.25, -0.2) is 4.98 Å². The summed E-state index contributed by atoms with van der Waals surface area (Å²) in [6.45, 7) is 7.33. The van der Waals surface area contributed by atoms with Gasteiger partial charge in [0.2, 0.25) is 0 Å². The van der Waals surface area contributed by atoms with Crippen molar-refractivity contribution in [1.29, 1.82) is 0 Å². The standard InChI is InChI=1S/C14H23N3O/c1-2-6-15-14-12-13(5-7-16-14)18-11-10-17-8-3-4-9-17/h5,7,12H,2-4,6,8-11H2,1H3,(H,15,16). The number of aromatic nitrogens is 1. The quantitative estimate of drug-likeness (QED) is 0.805. The van der Waals surface area contributed by atoms with E-state index < -0.39 is 0 Å². The molecule has 1 aromatic rings. The molecule has 18 heavy (non-hydrogen) atoms. The van der Waals surface area contributed by atoms with E-state index in [-0.39, 0.29) is 0 Å². The van der Waals surface area contributed by atoms with Gasteiger partial charge in [0, 0.05) is 25.4 Å². The maximum Gasteiger partial charge on any atom is 0.129 e. The lowest BCUT2D eigenvalue weighted by molar-refractivity contribution is 0.237. The van der Waals surface area contributed by atoms with Crippen LogP contribution in [0.5, 0.6) is 5.75 Å². The summed E-state index contributed by atoms with van der Waals surface area (Å²) in [5.41, 5.74) is 0. The smallest absolute Gasteiger partial charge is 0.129 e. The molecular weight excluding hydrogens is 226 g/mol. The number of hydrogen-bond acceptors (Lipinski definition) is 4. The SMILES string of the molecule is CCCNc1cc(OCCN2CCCC2)ccn1. The number of pyridine rings is 1. The van der Waals surface area contributed by atoms with Gasteiger partial charge in [-0.05, 0) is 38.4 Å². The minimum atomic E-state index is 0.761. The van der Waals surface area contributed by atoms with E-state index in [0.717, 1.165) is 37.7 Å². The summed E-state index contributed by atoms with van der Waals surface area (Å²) < 4.78 is 5.77. The fraction of sp³-hybridized carbons (Fsp3) is 0.643. The van der Waals surface area contributed by atoms with Gasteiger partial charge in [-0.15, -0.1) is 0 Å². The van der Waals surface area contributed by atoms with E-state index in [1.165, 1.54) is 25.9 Å². The number of ether oxygens (including phenoxy) is 1. The van der Waals surface area contributed by atoms with Crippen molar-refractivity contribution in [3.63, 3.8) is 0 Å². The van der Waals surface area contributed by atoms with Crippen LogP contribution in [0.4, 0.5) is 5.82 Å². The molecule has 1 fully saturated rings. The first kappa shape index (κ1) is 13.1. The second-order valence-corrected chi connectivity index (χ2v) is 4.70. The van der Waals surface area contributed by atoms with E-state index in [1.807, 2.05) is 12.1 Å². The molecule has 2 heterocycles. The first-order valence-electron chi connectivity index (χ1n) is 6.93. The van der Waals surface area contributed by atoms with Gasteiger partial charge in [-0.2, -0.15) is 0 Å². The second kappa shape index (κ2) is 7.21. The highest BCUT2D eigenvalue weighted by Crippen LogP contribution is 2.15. The zero-order chi connectivity index (χ0) is 12.6. The second-order valence-electron chi connectivity index (χ2n) is 4.70. The van der Waals surface area contributed by atoms with Crippen molar-refractivity contribution in [3.05, 3.63) is 18.3 Å². The first-order chi connectivity index (χ1) is 8.88. The molecule has 1 aromatic heterocycles. The van der Waals surface area contributed by atoms with Crippen molar-refractivity contribution in [2.75, 3.05) is 38.1 Å². The third-order valence-electron chi connectivity index (χ3n) is 3.16. The fourth-order valence-electron chi connectivity index (χ4n) is 2.15. The lowest BCUT2D eigenvalue weighted by atomic mass is 10.4. The van der Waals surface area contributed by atoms with Gasteiger partial charge in [0.05, 0.1) is 0 Å². The van der Waals surface area contributed by atoms with Crippen molar-refractivity contribution in [2.45, 2.75) is 26.2 Å². The molecule has 0 bridgehead atoms. The molecule has 0 saturated carbocycles. The van der Waals surface area contributed by atoms with E-state index in [2.05, 4.69) is 22.1 Å². The van der Waals surface area contributed by atoms with Crippen molar-refractivity contribution in [3.8, 4) is 5.75 Å². The van der Waals surface area contributed by atoms with E-state index in [0.29, 0.717) is 0 Å². The maximum absolute atomic E-state index is 5.77. The van der Waals surface area contributed by atoms with Crippen LogP contribution in [0.3, 0.4) is 0 Å². The molecule has 0 aromatic carbocycles. The lowest BCUT2D eigenvalue weighted by Gasteiger charge is -2.15. The topological polar surface area (TPSA) is 37.4 Å². The number of rotatable bonds is 7. The number of anilines is 1. The van der Waals surface area contributed by atoms with Crippen LogP contribution in [0.15, 0.2) is 18.3 Å². The van der Waals surface area contributed by atoms with Crippen LogP contribution in [-0.4, -0.2) is 42.7 Å². The number of nitrogens with one attached hydrogen (secondary N) is 1. The molecule has 0 atom stereocenters. The molecule has 4 heteroatoms. The fourth-order valence-corrected chi connectivity index (χ4v) is 2.15. The van der Waals surface area contributed by atoms with Gasteiger partial charge in [0.1, 0.15) is 18.2 Å². The minimum Gasteiger partial charge on any atom is -0.492 e. The van der Waals surface area contributed by atoms with Crippen molar-refractivity contribution in [1.82, 2.24) is 9.88 Å². The Labute approximate surface area is 109 Å². The van der Waals surface area contributed by atoms with E-state index >= 15 is 0 Å². The Hall–Kier alpha value is -1.29. The van der Waals surface area contributed by atoms with Crippen LogP contribution in [0.1, 0.15) is 26.2 Å². The van der Waals surface area contributed by atoms with Gasteiger partial charge in [0.15, 0.2) is 0 Å². The molecule has 0 unspecified atom stereocenters. The number of nitrogens with zero attached hydrogens (tertiary/aromatic N) is 2. The predicted octanol–water partition coefficient (Wildman–Crippen LogP) is 2.38. The Morgan fingerprint density at radius 1 is 1.39 bits per heavy atom. The van der Waals surface area contributed by atoms with Crippen LogP contribution < -0.4 is 10.1 Å².